The highest BCUT2D eigenvalue weighted by Gasteiger charge is 2.26. The Balaban J connectivity index is 2.15. The summed E-state index contributed by atoms with van der Waals surface area (Å²) in [5.41, 5.74) is 2.58. The molecule has 1 N–H and O–H groups in total. The first-order valence-corrected chi connectivity index (χ1v) is 8.24. The zero-order valence-electron chi connectivity index (χ0n) is 14.5. The normalized spacial score (nSPS) is 15.6. The lowest BCUT2D eigenvalue weighted by Crippen LogP contribution is -2.36. The van der Waals surface area contributed by atoms with Gasteiger partial charge in [-0.05, 0) is 78.0 Å². The minimum absolute atomic E-state index is 0.142. The smallest absolute Gasteiger partial charge is 0.129 e. The zero-order chi connectivity index (χ0) is 15.6. The number of rotatable bonds is 6. The summed E-state index contributed by atoms with van der Waals surface area (Å²) in [6, 6.07) is 4.95. The molecule has 2 rings (SSSR count). The Morgan fingerprint density at radius 1 is 1.29 bits per heavy atom. The van der Waals surface area contributed by atoms with Gasteiger partial charge in [0.05, 0.1) is 0 Å². The molecule has 1 aliphatic rings. The zero-order valence-corrected chi connectivity index (χ0v) is 14.5. The molecule has 0 spiro atoms. The van der Waals surface area contributed by atoms with E-state index in [1.807, 2.05) is 0 Å². The predicted molar refractivity (Wildman–Crippen MR) is 90.8 cm³/mol. The van der Waals surface area contributed by atoms with E-state index in [-0.39, 0.29) is 5.54 Å². The highest BCUT2D eigenvalue weighted by Crippen LogP contribution is 2.32. The van der Waals surface area contributed by atoms with Gasteiger partial charge in [-0.2, -0.15) is 0 Å². The van der Waals surface area contributed by atoms with Gasteiger partial charge in [-0.15, -0.1) is 0 Å². The number of hydrogen-bond acceptors (Lipinski definition) is 3. The topological polar surface area (TPSA) is 28.2 Å². The molecular weight excluding hydrogens is 258 g/mol. The van der Waals surface area contributed by atoms with Gasteiger partial charge in [0.25, 0.3) is 0 Å². The monoisotopic (exact) mass is 289 g/mol. The van der Waals surface area contributed by atoms with Gasteiger partial charge in [-0.3, -0.25) is 0 Å². The van der Waals surface area contributed by atoms with Gasteiger partial charge < -0.3 is 10.2 Å². The van der Waals surface area contributed by atoms with Gasteiger partial charge in [-0.25, -0.2) is 4.98 Å². The maximum Gasteiger partial charge on any atom is 0.129 e. The molecule has 0 saturated heterocycles. The van der Waals surface area contributed by atoms with Crippen LogP contribution in [0.25, 0.3) is 0 Å². The Morgan fingerprint density at radius 2 is 1.95 bits per heavy atom. The second-order valence-electron chi connectivity index (χ2n) is 7.77. The number of nitrogens with zero attached hydrogens (tertiary/aromatic N) is 2. The van der Waals surface area contributed by atoms with Crippen LogP contribution in [0.1, 0.15) is 58.7 Å². The molecule has 3 nitrogen and oxygen atoms in total. The van der Waals surface area contributed by atoms with E-state index in [4.69, 9.17) is 4.98 Å². The van der Waals surface area contributed by atoms with E-state index < -0.39 is 0 Å². The summed E-state index contributed by atoms with van der Waals surface area (Å²) in [6.07, 6.45) is 2.76. The molecule has 0 amide bonds. The highest BCUT2D eigenvalue weighted by molar-refractivity contribution is 5.44. The molecule has 1 fully saturated rings. The van der Waals surface area contributed by atoms with Crippen molar-refractivity contribution in [2.45, 2.75) is 72.5 Å². The summed E-state index contributed by atoms with van der Waals surface area (Å²) in [5.74, 6) is 2.02. The van der Waals surface area contributed by atoms with Gasteiger partial charge >= 0.3 is 0 Å². The summed E-state index contributed by atoms with van der Waals surface area (Å²) >= 11 is 0. The van der Waals surface area contributed by atoms with E-state index in [0.29, 0.717) is 6.04 Å². The van der Waals surface area contributed by atoms with Gasteiger partial charge in [0.2, 0.25) is 0 Å². The van der Waals surface area contributed by atoms with Crippen LogP contribution in [0, 0.1) is 12.8 Å². The van der Waals surface area contributed by atoms with E-state index in [1.54, 1.807) is 0 Å². The number of pyridine rings is 1. The molecule has 1 aromatic rings. The summed E-state index contributed by atoms with van der Waals surface area (Å²) in [7, 11) is 0. The van der Waals surface area contributed by atoms with Crippen LogP contribution in [0.2, 0.25) is 0 Å². The predicted octanol–water partition coefficient (Wildman–Crippen LogP) is 3.90. The van der Waals surface area contributed by atoms with E-state index in [1.165, 1.54) is 18.4 Å². The highest BCUT2D eigenvalue weighted by atomic mass is 15.2. The van der Waals surface area contributed by atoms with Crippen LogP contribution in [-0.4, -0.2) is 23.1 Å². The lowest BCUT2D eigenvalue weighted by molar-refractivity contribution is 0.424. The van der Waals surface area contributed by atoms with E-state index in [9.17, 15) is 0 Å². The molecule has 0 unspecified atom stereocenters. The second kappa shape index (κ2) is 6.35. The summed E-state index contributed by atoms with van der Waals surface area (Å²) in [6.45, 7) is 15.3. The molecule has 3 heteroatoms. The van der Waals surface area contributed by atoms with Gasteiger partial charge in [0.1, 0.15) is 5.82 Å². The van der Waals surface area contributed by atoms with Crippen molar-refractivity contribution in [3.63, 3.8) is 0 Å². The van der Waals surface area contributed by atoms with Crippen molar-refractivity contribution in [3.8, 4) is 0 Å². The quantitative estimate of drug-likeness (QED) is 0.861. The Bertz CT molecular complexity index is 470. The third-order valence-electron chi connectivity index (χ3n) is 3.89. The van der Waals surface area contributed by atoms with Crippen LogP contribution in [0.5, 0.6) is 0 Å². The standard InChI is InChI=1S/C18H31N3/c1-13(2)21(12-15-7-8-15)17-10-16(9-14(3)20-17)11-19-18(4,5)6/h9-10,13,15,19H,7-8,11-12H2,1-6H3. The largest absolute Gasteiger partial charge is 0.354 e. The fourth-order valence-corrected chi connectivity index (χ4v) is 2.48. The summed E-state index contributed by atoms with van der Waals surface area (Å²) in [5, 5.41) is 3.57. The number of anilines is 1. The minimum Gasteiger partial charge on any atom is -0.354 e. The Hall–Kier alpha value is -1.09. The van der Waals surface area contributed by atoms with Crippen molar-refractivity contribution >= 4 is 5.82 Å². The molecule has 0 bridgehead atoms. The fourth-order valence-electron chi connectivity index (χ4n) is 2.48. The molecule has 21 heavy (non-hydrogen) atoms. The molecule has 0 aliphatic heterocycles. The number of nitrogens with one attached hydrogen (secondary N) is 1. The van der Waals surface area contributed by atoms with Crippen LogP contribution in [-0.2, 0) is 6.54 Å². The van der Waals surface area contributed by atoms with Crippen LogP contribution < -0.4 is 10.2 Å². The molecule has 0 radical (unpaired) electrons. The van der Waals surface area contributed by atoms with Crippen LogP contribution in [0.3, 0.4) is 0 Å². The molecule has 118 valence electrons. The maximum absolute atomic E-state index is 4.78. The Morgan fingerprint density at radius 3 is 2.48 bits per heavy atom. The van der Waals surface area contributed by atoms with Crippen molar-refractivity contribution in [1.29, 1.82) is 0 Å². The minimum atomic E-state index is 0.142. The number of aryl methyl sites for hydroxylation is 1. The summed E-state index contributed by atoms with van der Waals surface area (Å²) in [4.78, 5) is 7.24. The molecule has 0 atom stereocenters. The van der Waals surface area contributed by atoms with Crippen molar-refractivity contribution < 1.29 is 0 Å². The third kappa shape index (κ3) is 5.31. The third-order valence-corrected chi connectivity index (χ3v) is 3.89. The van der Waals surface area contributed by atoms with Crippen LogP contribution in [0.15, 0.2) is 12.1 Å². The van der Waals surface area contributed by atoms with Crippen molar-refractivity contribution in [2.24, 2.45) is 5.92 Å². The van der Waals surface area contributed by atoms with E-state index in [0.717, 1.165) is 30.5 Å². The fraction of sp³-hybridized carbons (Fsp3) is 0.722. The van der Waals surface area contributed by atoms with Crippen LogP contribution >= 0.6 is 0 Å². The van der Waals surface area contributed by atoms with Gasteiger partial charge in [0.15, 0.2) is 0 Å². The lowest BCUT2D eigenvalue weighted by atomic mass is 10.1. The maximum atomic E-state index is 4.78. The van der Waals surface area contributed by atoms with Crippen LogP contribution in [0.4, 0.5) is 5.82 Å². The number of hydrogen-bond donors (Lipinski definition) is 1. The van der Waals surface area contributed by atoms with E-state index in [2.05, 4.69) is 63.9 Å². The first-order chi connectivity index (χ1) is 9.74. The second-order valence-corrected chi connectivity index (χ2v) is 7.77. The molecule has 0 aromatic carbocycles. The summed E-state index contributed by atoms with van der Waals surface area (Å²) < 4.78 is 0. The average molecular weight is 289 g/mol. The molecule has 1 aliphatic carbocycles. The van der Waals surface area contributed by atoms with Crippen molar-refractivity contribution in [1.82, 2.24) is 10.3 Å². The first-order valence-electron chi connectivity index (χ1n) is 8.24. The van der Waals surface area contributed by atoms with Crippen molar-refractivity contribution in [2.75, 3.05) is 11.4 Å². The first kappa shape index (κ1) is 16.3. The van der Waals surface area contributed by atoms with E-state index >= 15 is 0 Å². The van der Waals surface area contributed by atoms with Crippen molar-refractivity contribution in [3.05, 3.63) is 23.4 Å². The van der Waals surface area contributed by atoms with Gasteiger partial charge in [0, 0.05) is 30.4 Å². The molecule has 1 saturated carbocycles. The Kier molecular flexibility index (Phi) is 4.92. The molecule has 1 heterocycles. The SMILES string of the molecule is Cc1cc(CNC(C)(C)C)cc(N(CC2CC2)C(C)C)n1. The lowest BCUT2D eigenvalue weighted by Gasteiger charge is -2.29. The molecule has 1 aromatic heterocycles. The Labute approximate surface area is 130 Å². The van der Waals surface area contributed by atoms with Gasteiger partial charge in [-0.1, -0.05) is 0 Å². The average Bonchev–Trinajstić information content (AvgIpc) is 3.15. The molecular formula is C18H31N3. The number of aromatic nitrogens is 1.